The second-order valence-corrected chi connectivity index (χ2v) is 17.8. The maximum Gasteiger partial charge on any atom is 0.508 e. The van der Waals surface area contributed by atoms with Gasteiger partial charge in [0.1, 0.15) is 86.4 Å². The highest BCUT2D eigenvalue weighted by molar-refractivity contribution is 7.95. The van der Waals surface area contributed by atoms with Gasteiger partial charge in [-0.05, 0) is 154 Å². The fraction of sp³-hybridized carbons (Fsp3) is 0.333. The van der Waals surface area contributed by atoms with E-state index in [1.807, 2.05) is 72.8 Å². The molecule has 11 heteroatoms. The first kappa shape index (κ1) is 44.3. The van der Waals surface area contributed by atoms with Crippen molar-refractivity contribution < 1.29 is 47.5 Å². The van der Waals surface area contributed by atoms with Crippen molar-refractivity contribution in [2.75, 3.05) is 52.2 Å². The Balaban J connectivity index is 1.26. The van der Waals surface area contributed by atoms with E-state index in [1.54, 1.807) is 41.5 Å². The maximum atomic E-state index is 11.9. The van der Waals surface area contributed by atoms with Gasteiger partial charge in [0, 0.05) is 10.9 Å². The van der Waals surface area contributed by atoms with Gasteiger partial charge >= 0.3 is 12.3 Å². The molecule has 0 aliphatic carbocycles. The van der Waals surface area contributed by atoms with E-state index in [2.05, 4.69) is 55.0 Å². The molecule has 0 spiro atoms. The van der Waals surface area contributed by atoms with Crippen LogP contribution in [0.25, 0.3) is 33.4 Å². The first-order valence-corrected chi connectivity index (χ1v) is 21.5. The van der Waals surface area contributed by atoms with Gasteiger partial charge in [0.05, 0.1) is 0 Å². The van der Waals surface area contributed by atoms with Crippen LogP contribution in [0.3, 0.4) is 0 Å². The fourth-order valence-corrected chi connectivity index (χ4v) is 6.29. The summed E-state index contributed by atoms with van der Waals surface area (Å²) in [4.78, 5) is 25.0. The molecule has 0 heterocycles. The number of hydrogen-bond acceptors (Lipinski definition) is 10. The van der Waals surface area contributed by atoms with E-state index < -0.39 is 23.5 Å². The fourth-order valence-electron chi connectivity index (χ4n) is 5.61. The van der Waals surface area contributed by atoms with E-state index in [0.717, 1.165) is 44.9 Å². The lowest BCUT2D eigenvalue weighted by atomic mass is 9.93. The minimum Gasteiger partial charge on any atom is -0.490 e. The van der Waals surface area contributed by atoms with Crippen molar-refractivity contribution in [2.24, 2.45) is 0 Å². The van der Waals surface area contributed by atoms with Crippen LogP contribution in [0.1, 0.15) is 41.5 Å². The molecule has 0 amide bonds. The first-order valence-electron chi connectivity index (χ1n) is 19.5. The molecule has 312 valence electrons. The van der Waals surface area contributed by atoms with Crippen molar-refractivity contribution in [1.82, 2.24) is 0 Å². The number of carbonyl (C=O) groups is 2. The maximum absolute atomic E-state index is 11.9. The van der Waals surface area contributed by atoms with Gasteiger partial charge in [-0.3, -0.25) is 0 Å². The monoisotopic (exact) mass is 823 g/mol. The standard InChI is InChI=1S/C48H55O10S/c1-47(2,3)57-45(49)55-29-27-53-41-17-11-35(12-18-41)38-31-37(34-9-15-40(16-10-34)51-25-26-52-43-21-23-44(24-22-43)59(7)8)32-39(33-38)36-13-19-42(20-14-36)54-28-30-56-46(50)58-48(4,5)6/h9-24,31-33H,25-30H2,1-8H3/q+1. The lowest BCUT2D eigenvalue weighted by Gasteiger charge is -2.18. The van der Waals surface area contributed by atoms with Crippen LogP contribution in [0, 0.1) is 0 Å². The summed E-state index contributed by atoms with van der Waals surface area (Å²) >= 11 is 0. The van der Waals surface area contributed by atoms with Gasteiger partial charge in [-0.2, -0.15) is 0 Å². The third-order valence-electron chi connectivity index (χ3n) is 8.33. The number of carbonyl (C=O) groups excluding carboxylic acids is 2. The van der Waals surface area contributed by atoms with Crippen LogP contribution < -0.4 is 18.9 Å². The van der Waals surface area contributed by atoms with Gasteiger partial charge in [-0.25, -0.2) is 9.59 Å². The van der Waals surface area contributed by atoms with Gasteiger partial charge in [0.25, 0.3) is 0 Å². The normalized spacial score (nSPS) is 11.4. The molecule has 0 aromatic heterocycles. The average Bonchev–Trinajstić information content (AvgIpc) is 3.19. The van der Waals surface area contributed by atoms with Crippen LogP contribution >= 0.6 is 0 Å². The van der Waals surface area contributed by atoms with E-state index in [-0.39, 0.29) is 37.3 Å². The molecular weight excluding hydrogens is 769 g/mol. The lowest BCUT2D eigenvalue weighted by Crippen LogP contribution is -2.25. The molecule has 0 bridgehead atoms. The third-order valence-corrected chi connectivity index (χ3v) is 9.55. The Morgan fingerprint density at radius 3 is 0.949 bits per heavy atom. The Hall–Kier alpha value is -5.81. The zero-order valence-corrected chi connectivity index (χ0v) is 36.0. The summed E-state index contributed by atoms with van der Waals surface area (Å²) in [5.74, 6) is 2.88. The van der Waals surface area contributed by atoms with E-state index in [0.29, 0.717) is 24.7 Å². The van der Waals surface area contributed by atoms with Crippen LogP contribution in [-0.2, 0) is 29.8 Å². The summed E-state index contributed by atoms with van der Waals surface area (Å²) in [5, 5.41) is 0. The second-order valence-electron chi connectivity index (χ2n) is 15.7. The van der Waals surface area contributed by atoms with E-state index in [1.165, 1.54) is 4.90 Å². The molecule has 5 aromatic rings. The zero-order valence-electron chi connectivity index (χ0n) is 35.2. The Bertz CT molecular complexity index is 1980. The Kier molecular flexibility index (Phi) is 15.6. The number of rotatable bonds is 17. The van der Waals surface area contributed by atoms with Crippen LogP contribution in [0.2, 0.25) is 0 Å². The molecule has 0 fully saturated rings. The predicted molar refractivity (Wildman–Crippen MR) is 233 cm³/mol. The highest BCUT2D eigenvalue weighted by Crippen LogP contribution is 2.35. The van der Waals surface area contributed by atoms with Crippen LogP contribution in [0.15, 0.2) is 120 Å². The highest BCUT2D eigenvalue weighted by atomic mass is 32.2. The number of ether oxygens (including phenoxy) is 8. The van der Waals surface area contributed by atoms with Crippen LogP contribution in [0.5, 0.6) is 23.0 Å². The van der Waals surface area contributed by atoms with Crippen molar-refractivity contribution in [3.05, 3.63) is 115 Å². The lowest BCUT2D eigenvalue weighted by molar-refractivity contribution is -0.0124. The van der Waals surface area contributed by atoms with Crippen molar-refractivity contribution >= 4 is 23.2 Å². The average molecular weight is 824 g/mol. The van der Waals surface area contributed by atoms with Gasteiger partial charge < -0.3 is 37.9 Å². The second kappa shape index (κ2) is 20.7. The van der Waals surface area contributed by atoms with Gasteiger partial charge in [-0.1, -0.05) is 36.4 Å². The highest BCUT2D eigenvalue weighted by Gasteiger charge is 2.18. The summed E-state index contributed by atoms with van der Waals surface area (Å²) in [6, 6.07) is 38.3. The van der Waals surface area contributed by atoms with Crippen LogP contribution in [-0.4, -0.2) is 75.7 Å². The zero-order chi connectivity index (χ0) is 42.4. The summed E-state index contributed by atoms with van der Waals surface area (Å²) in [7, 11) is 0.212. The minimum atomic E-state index is -0.727. The molecule has 0 saturated heterocycles. The summed E-state index contributed by atoms with van der Waals surface area (Å²) in [5.41, 5.74) is 4.81. The van der Waals surface area contributed by atoms with Gasteiger partial charge in [-0.15, -0.1) is 0 Å². The van der Waals surface area contributed by atoms with Gasteiger partial charge in [0.2, 0.25) is 0 Å². The molecule has 0 N–H and O–H groups in total. The molecule has 5 rings (SSSR count). The van der Waals surface area contributed by atoms with E-state index in [4.69, 9.17) is 37.9 Å². The molecule has 0 radical (unpaired) electrons. The Morgan fingerprint density at radius 2 is 0.678 bits per heavy atom. The topological polar surface area (TPSA) is 108 Å². The third kappa shape index (κ3) is 15.1. The van der Waals surface area contributed by atoms with Crippen molar-refractivity contribution in [1.29, 1.82) is 0 Å². The molecule has 5 aromatic carbocycles. The summed E-state index contributed by atoms with van der Waals surface area (Å²) in [6.45, 7) is 12.1. The molecule has 0 unspecified atom stereocenters. The van der Waals surface area contributed by atoms with E-state index >= 15 is 0 Å². The quantitative estimate of drug-likeness (QED) is 0.0511. The Morgan fingerprint density at radius 1 is 0.407 bits per heavy atom. The molecule has 0 aliphatic heterocycles. The predicted octanol–water partition coefficient (Wildman–Crippen LogP) is 11.0. The largest absolute Gasteiger partial charge is 0.508 e. The molecule has 0 aliphatic rings. The number of benzene rings is 5. The number of hydrogen-bond donors (Lipinski definition) is 0. The Labute approximate surface area is 351 Å². The molecular formula is C48H55O10S+. The first-order chi connectivity index (χ1) is 28.1. The summed E-state index contributed by atoms with van der Waals surface area (Å²) < 4.78 is 44.2. The van der Waals surface area contributed by atoms with E-state index in [9.17, 15) is 9.59 Å². The molecule has 0 atom stereocenters. The smallest absolute Gasteiger partial charge is 0.490 e. The minimum absolute atomic E-state index is 0.0660. The van der Waals surface area contributed by atoms with Crippen molar-refractivity contribution in [3.8, 4) is 56.4 Å². The summed E-state index contributed by atoms with van der Waals surface area (Å²) in [6.07, 6.45) is 2.94. The molecule has 0 saturated carbocycles. The van der Waals surface area contributed by atoms with Crippen LogP contribution in [0.4, 0.5) is 9.59 Å². The SMILES string of the molecule is C[S+](C)c1ccc(OCCOc2ccc(-c3cc(-c4ccc(OCCOC(=O)OC(C)(C)C)cc4)cc(-c4ccc(OCCOC(=O)OC(C)(C)C)cc4)c3)cc2)cc1. The van der Waals surface area contributed by atoms with Crippen molar-refractivity contribution in [2.45, 2.75) is 57.6 Å². The molecule has 10 nitrogen and oxygen atoms in total. The molecule has 59 heavy (non-hydrogen) atoms. The van der Waals surface area contributed by atoms with Crippen molar-refractivity contribution in [3.63, 3.8) is 0 Å². The van der Waals surface area contributed by atoms with Gasteiger partial charge in [0.15, 0.2) is 4.90 Å².